The van der Waals surface area contributed by atoms with Crippen LogP contribution in [0.3, 0.4) is 0 Å². The highest BCUT2D eigenvalue weighted by Gasteiger charge is 2.50. The summed E-state index contributed by atoms with van der Waals surface area (Å²) < 4.78 is 16.8. The number of benzene rings is 3. The van der Waals surface area contributed by atoms with E-state index in [0.29, 0.717) is 11.1 Å². The quantitative estimate of drug-likeness (QED) is 0.380. The molecule has 0 spiro atoms. The van der Waals surface area contributed by atoms with Crippen molar-refractivity contribution in [2.24, 2.45) is 0 Å². The van der Waals surface area contributed by atoms with Crippen LogP contribution in [0.15, 0.2) is 72.8 Å². The van der Waals surface area contributed by atoms with Gasteiger partial charge in [-0.05, 0) is 38.7 Å². The van der Waals surface area contributed by atoms with Crippen molar-refractivity contribution < 1.29 is 28.6 Å². The Morgan fingerprint density at radius 1 is 0.771 bits per heavy atom. The summed E-state index contributed by atoms with van der Waals surface area (Å²) in [6.07, 6.45) is 0. The van der Waals surface area contributed by atoms with Gasteiger partial charge in [0.1, 0.15) is 0 Å². The number of rotatable bonds is 8. The van der Waals surface area contributed by atoms with Crippen LogP contribution in [-0.4, -0.2) is 39.6 Å². The fraction of sp³-hybridized carbons (Fsp3) is 0.286. The van der Waals surface area contributed by atoms with E-state index in [1.807, 2.05) is 36.4 Å². The van der Waals surface area contributed by atoms with Crippen molar-refractivity contribution in [3.8, 4) is 0 Å². The Hall–Kier alpha value is -3.26. The first-order valence-corrected chi connectivity index (χ1v) is 13.3. The van der Waals surface area contributed by atoms with Gasteiger partial charge < -0.3 is 19.0 Å². The average Bonchev–Trinajstić information content (AvgIpc) is 2.88. The number of carbonyl (C=O) groups is 2. The molecular formula is C28H32O6Si. The van der Waals surface area contributed by atoms with E-state index in [1.165, 1.54) is 20.3 Å². The van der Waals surface area contributed by atoms with E-state index in [4.69, 9.17) is 13.9 Å². The number of esters is 2. The van der Waals surface area contributed by atoms with E-state index in [0.717, 1.165) is 10.4 Å². The van der Waals surface area contributed by atoms with Crippen molar-refractivity contribution in [2.75, 3.05) is 14.2 Å². The molecular weight excluding hydrogens is 460 g/mol. The third kappa shape index (κ3) is 5.22. The molecule has 0 fully saturated rings. The maximum atomic E-state index is 12.7. The third-order valence-corrected chi connectivity index (χ3v) is 11.2. The number of hydrogen-bond donors (Lipinski definition) is 1. The molecule has 0 bridgehead atoms. The summed E-state index contributed by atoms with van der Waals surface area (Å²) in [6.45, 7) is 6.20. The van der Waals surface area contributed by atoms with Crippen LogP contribution in [-0.2, 0) is 27.1 Å². The zero-order valence-electron chi connectivity index (χ0n) is 20.8. The van der Waals surface area contributed by atoms with Crippen LogP contribution in [0.25, 0.3) is 0 Å². The predicted molar refractivity (Wildman–Crippen MR) is 137 cm³/mol. The monoisotopic (exact) mass is 492 g/mol. The highest BCUT2D eigenvalue weighted by atomic mass is 28.4. The Bertz CT molecular complexity index is 1130. The van der Waals surface area contributed by atoms with Gasteiger partial charge in [0.25, 0.3) is 8.32 Å². The van der Waals surface area contributed by atoms with E-state index < -0.39 is 26.9 Å². The maximum absolute atomic E-state index is 12.7. The van der Waals surface area contributed by atoms with Gasteiger partial charge in [-0.2, -0.15) is 0 Å². The minimum atomic E-state index is -2.88. The highest BCUT2D eigenvalue weighted by molar-refractivity contribution is 6.99. The Labute approximate surface area is 207 Å². The van der Waals surface area contributed by atoms with Crippen molar-refractivity contribution in [3.63, 3.8) is 0 Å². The fourth-order valence-electron chi connectivity index (χ4n) is 4.49. The lowest BCUT2D eigenvalue weighted by Crippen LogP contribution is -2.66. The second-order valence-corrected chi connectivity index (χ2v) is 13.6. The Morgan fingerprint density at radius 2 is 1.23 bits per heavy atom. The lowest BCUT2D eigenvalue weighted by molar-refractivity contribution is 0.0594. The highest BCUT2D eigenvalue weighted by Crippen LogP contribution is 2.37. The molecule has 7 heteroatoms. The minimum absolute atomic E-state index is 0.0895. The zero-order chi connectivity index (χ0) is 25.6. The van der Waals surface area contributed by atoms with Crippen molar-refractivity contribution in [3.05, 3.63) is 95.1 Å². The van der Waals surface area contributed by atoms with Gasteiger partial charge in [-0.25, -0.2) is 9.59 Å². The molecule has 35 heavy (non-hydrogen) atoms. The molecule has 0 aliphatic rings. The summed E-state index contributed by atoms with van der Waals surface area (Å²) in [7, 11) is -0.340. The minimum Gasteiger partial charge on any atom is -0.465 e. The smallest absolute Gasteiger partial charge is 0.338 e. The molecule has 0 unspecified atom stereocenters. The zero-order valence-corrected chi connectivity index (χ0v) is 21.8. The molecule has 3 aromatic carbocycles. The lowest BCUT2D eigenvalue weighted by Gasteiger charge is -2.43. The SMILES string of the molecule is COC(=O)c1cc(C(=O)OC)c(CO[Si](c2ccccc2)(c2ccccc2)C(C)(C)C)cc1CO. The largest absolute Gasteiger partial charge is 0.465 e. The summed E-state index contributed by atoms with van der Waals surface area (Å²) in [5, 5.41) is 11.9. The summed E-state index contributed by atoms with van der Waals surface area (Å²) >= 11 is 0. The first-order valence-electron chi connectivity index (χ1n) is 11.4. The van der Waals surface area contributed by atoms with Gasteiger partial charge in [-0.1, -0.05) is 81.4 Å². The summed E-state index contributed by atoms with van der Waals surface area (Å²) in [4.78, 5) is 25.0. The van der Waals surface area contributed by atoms with Gasteiger partial charge >= 0.3 is 11.9 Å². The molecule has 0 radical (unpaired) electrons. The van der Waals surface area contributed by atoms with Crippen LogP contribution >= 0.6 is 0 Å². The lowest BCUT2D eigenvalue weighted by atomic mass is 9.99. The van der Waals surface area contributed by atoms with Crippen LogP contribution in [0.4, 0.5) is 0 Å². The average molecular weight is 493 g/mol. The summed E-state index contributed by atoms with van der Waals surface area (Å²) in [6, 6.07) is 23.4. The predicted octanol–water partition coefficient (Wildman–Crippen LogP) is 3.83. The van der Waals surface area contributed by atoms with Gasteiger partial charge in [-0.15, -0.1) is 0 Å². The van der Waals surface area contributed by atoms with Gasteiger partial charge in [0, 0.05) is 0 Å². The molecule has 0 atom stereocenters. The Kier molecular flexibility index (Phi) is 8.27. The molecule has 0 aliphatic heterocycles. The summed E-state index contributed by atoms with van der Waals surface area (Å²) in [5.41, 5.74) is 1.19. The number of ether oxygens (including phenoxy) is 2. The van der Waals surface area contributed by atoms with E-state index >= 15 is 0 Å². The van der Waals surface area contributed by atoms with Gasteiger partial charge in [-0.3, -0.25) is 0 Å². The van der Waals surface area contributed by atoms with Crippen LogP contribution in [0.5, 0.6) is 0 Å². The van der Waals surface area contributed by atoms with Gasteiger partial charge in [0.15, 0.2) is 0 Å². The molecule has 6 nitrogen and oxygen atoms in total. The van der Waals surface area contributed by atoms with Gasteiger partial charge in [0.05, 0.1) is 38.6 Å². The molecule has 184 valence electrons. The Balaban J connectivity index is 2.19. The molecule has 0 amide bonds. The van der Waals surface area contributed by atoms with E-state index in [1.54, 1.807) is 6.07 Å². The van der Waals surface area contributed by atoms with Crippen molar-refractivity contribution in [1.29, 1.82) is 0 Å². The normalized spacial score (nSPS) is 11.7. The molecule has 1 N–H and O–H groups in total. The second kappa shape index (κ2) is 11.0. The van der Waals surface area contributed by atoms with Crippen LogP contribution in [0, 0.1) is 0 Å². The topological polar surface area (TPSA) is 82.1 Å². The standard InChI is InChI=1S/C28H32O6Si/c1-28(2,3)35(22-12-8-6-9-13-22,23-14-10-7-11-15-23)34-19-21-16-20(18-29)24(26(30)32-4)17-25(21)27(31)33-5/h6-17,29H,18-19H2,1-5H3. The van der Waals surface area contributed by atoms with E-state index in [9.17, 15) is 14.7 Å². The molecule has 0 aromatic heterocycles. The number of hydrogen-bond acceptors (Lipinski definition) is 6. The molecule has 3 aromatic rings. The maximum Gasteiger partial charge on any atom is 0.338 e. The van der Waals surface area contributed by atoms with Crippen molar-refractivity contribution in [1.82, 2.24) is 0 Å². The van der Waals surface area contributed by atoms with Crippen LogP contribution < -0.4 is 10.4 Å². The van der Waals surface area contributed by atoms with E-state index in [-0.39, 0.29) is 22.8 Å². The third-order valence-electron chi connectivity index (χ3n) is 6.17. The van der Waals surface area contributed by atoms with Crippen LogP contribution in [0.2, 0.25) is 5.04 Å². The van der Waals surface area contributed by atoms with E-state index in [2.05, 4.69) is 45.0 Å². The fourth-order valence-corrected chi connectivity index (χ4v) is 9.02. The Morgan fingerprint density at radius 3 is 1.63 bits per heavy atom. The first kappa shape index (κ1) is 26.3. The van der Waals surface area contributed by atoms with Crippen molar-refractivity contribution >= 4 is 30.6 Å². The second-order valence-electron chi connectivity index (χ2n) is 9.26. The number of aliphatic hydroxyl groups excluding tert-OH is 1. The molecule has 3 rings (SSSR count). The molecule has 0 heterocycles. The molecule has 0 saturated carbocycles. The van der Waals surface area contributed by atoms with Gasteiger partial charge in [0.2, 0.25) is 0 Å². The molecule has 0 aliphatic carbocycles. The molecule has 0 saturated heterocycles. The number of methoxy groups -OCH3 is 2. The first-order chi connectivity index (χ1) is 16.7. The summed E-state index contributed by atoms with van der Waals surface area (Å²) in [5.74, 6) is -1.24. The van der Waals surface area contributed by atoms with Crippen molar-refractivity contribution in [2.45, 2.75) is 39.0 Å². The van der Waals surface area contributed by atoms with Crippen LogP contribution in [0.1, 0.15) is 52.6 Å². The number of carbonyl (C=O) groups excluding carboxylic acids is 2. The number of aliphatic hydroxyl groups is 1.